The molecule has 23 heavy (non-hydrogen) atoms. The number of rotatable bonds is 3. The van der Waals surface area contributed by atoms with Crippen molar-refractivity contribution < 1.29 is 19.4 Å². The van der Waals surface area contributed by atoms with Crippen molar-refractivity contribution >= 4 is 29.1 Å². The maximum absolute atomic E-state index is 11.9. The van der Waals surface area contributed by atoms with Gasteiger partial charge in [-0.2, -0.15) is 0 Å². The maximum atomic E-state index is 11.9. The van der Waals surface area contributed by atoms with E-state index in [2.05, 4.69) is 5.32 Å². The van der Waals surface area contributed by atoms with Gasteiger partial charge in [0, 0.05) is 4.88 Å². The maximum Gasteiger partial charge on any atom is 0.412 e. The van der Waals surface area contributed by atoms with Gasteiger partial charge in [-0.1, -0.05) is 29.8 Å². The molecular formula is C17H19NO4S. The number of nitrogens with one attached hydrogen (secondary N) is 1. The smallest absolute Gasteiger partial charge is 0.412 e. The lowest BCUT2D eigenvalue weighted by Crippen LogP contribution is -2.27. The Labute approximate surface area is 138 Å². The van der Waals surface area contributed by atoms with E-state index in [1.54, 1.807) is 26.8 Å². The number of carbonyl (C=O) groups is 2. The largest absolute Gasteiger partial charge is 0.477 e. The lowest BCUT2D eigenvalue weighted by molar-refractivity contribution is 0.0636. The van der Waals surface area contributed by atoms with E-state index in [0.717, 1.165) is 27.3 Å². The van der Waals surface area contributed by atoms with Gasteiger partial charge in [-0.05, 0) is 39.3 Å². The van der Waals surface area contributed by atoms with Crippen molar-refractivity contribution in [2.45, 2.75) is 33.3 Å². The molecule has 1 aromatic heterocycles. The Morgan fingerprint density at radius 2 is 1.91 bits per heavy atom. The number of amides is 1. The molecule has 0 atom stereocenters. The van der Waals surface area contributed by atoms with E-state index in [-0.39, 0.29) is 10.6 Å². The van der Waals surface area contributed by atoms with Gasteiger partial charge in [-0.3, -0.25) is 5.32 Å². The molecule has 0 fully saturated rings. The van der Waals surface area contributed by atoms with E-state index >= 15 is 0 Å². The lowest BCUT2D eigenvalue weighted by atomic mass is 10.1. The number of aryl methyl sites for hydroxylation is 1. The molecule has 0 radical (unpaired) electrons. The molecule has 6 heteroatoms. The van der Waals surface area contributed by atoms with Crippen molar-refractivity contribution in [3.63, 3.8) is 0 Å². The molecule has 0 aliphatic carbocycles. The molecule has 0 unspecified atom stereocenters. The Kier molecular flexibility index (Phi) is 4.75. The lowest BCUT2D eigenvalue weighted by Gasteiger charge is -2.19. The number of carbonyl (C=O) groups excluding carboxylic acids is 1. The number of ether oxygens (including phenoxy) is 1. The van der Waals surface area contributed by atoms with Gasteiger partial charge in [0.05, 0.1) is 5.69 Å². The summed E-state index contributed by atoms with van der Waals surface area (Å²) in [6, 6.07) is 9.41. The molecule has 5 nitrogen and oxygen atoms in total. The van der Waals surface area contributed by atoms with E-state index in [4.69, 9.17) is 4.74 Å². The third kappa shape index (κ3) is 4.56. The molecule has 0 aliphatic heterocycles. The van der Waals surface area contributed by atoms with Crippen LogP contribution < -0.4 is 5.32 Å². The molecule has 0 saturated carbocycles. The van der Waals surface area contributed by atoms with Crippen molar-refractivity contribution in [1.29, 1.82) is 0 Å². The Morgan fingerprint density at radius 3 is 2.48 bits per heavy atom. The van der Waals surface area contributed by atoms with Gasteiger partial charge in [0.1, 0.15) is 10.5 Å². The van der Waals surface area contributed by atoms with Gasteiger partial charge in [0.2, 0.25) is 0 Å². The number of thiophene rings is 1. The third-order valence-electron chi connectivity index (χ3n) is 2.86. The molecule has 1 aromatic carbocycles. The Morgan fingerprint density at radius 1 is 1.22 bits per heavy atom. The van der Waals surface area contributed by atoms with E-state index in [1.165, 1.54) is 0 Å². The van der Waals surface area contributed by atoms with Crippen LogP contribution in [0, 0.1) is 6.92 Å². The summed E-state index contributed by atoms with van der Waals surface area (Å²) in [5, 5.41) is 11.9. The number of aromatic carboxylic acids is 1. The predicted molar refractivity (Wildman–Crippen MR) is 91.3 cm³/mol. The van der Waals surface area contributed by atoms with Crippen LogP contribution >= 0.6 is 11.3 Å². The van der Waals surface area contributed by atoms with Crippen molar-refractivity contribution in [2.75, 3.05) is 5.32 Å². The number of carboxylic acid groups (broad SMARTS) is 1. The first-order valence-corrected chi connectivity index (χ1v) is 7.91. The highest BCUT2D eigenvalue weighted by Crippen LogP contribution is 2.35. The molecule has 1 amide bonds. The summed E-state index contributed by atoms with van der Waals surface area (Å²) in [5.74, 6) is -1.08. The number of carboxylic acids is 1. The molecule has 2 N–H and O–H groups in total. The Balaban J connectivity index is 2.32. The summed E-state index contributed by atoms with van der Waals surface area (Å²) in [6.45, 7) is 7.21. The number of anilines is 1. The van der Waals surface area contributed by atoms with Crippen LogP contribution in [0.2, 0.25) is 0 Å². The fourth-order valence-electron chi connectivity index (χ4n) is 2.00. The first-order valence-electron chi connectivity index (χ1n) is 7.10. The van der Waals surface area contributed by atoms with Gasteiger partial charge in [0.25, 0.3) is 0 Å². The molecular weight excluding hydrogens is 314 g/mol. The average molecular weight is 333 g/mol. The molecule has 122 valence electrons. The van der Waals surface area contributed by atoms with Gasteiger partial charge >= 0.3 is 12.1 Å². The van der Waals surface area contributed by atoms with E-state index in [9.17, 15) is 14.7 Å². The summed E-state index contributed by atoms with van der Waals surface area (Å²) in [4.78, 5) is 24.2. The molecule has 0 spiro atoms. The Bertz CT molecular complexity index is 743. The standard InChI is InChI=1S/C17H19NO4S/c1-10-6-5-7-11(8-10)13-9-12(14(23-13)15(19)20)18-16(21)22-17(2,3)4/h5-9H,1-4H3,(H,18,21)(H,19,20). The SMILES string of the molecule is Cc1cccc(-c2cc(NC(=O)OC(C)(C)C)c(C(=O)O)s2)c1. The van der Waals surface area contributed by atoms with Crippen LogP contribution in [0.1, 0.15) is 36.0 Å². The summed E-state index contributed by atoms with van der Waals surface area (Å²) in [6.07, 6.45) is -0.673. The van der Waals surface area contributed by atoms with Crippen LogP contribution in [0.25, 0.3) is 10.4 Å². The number of hydrogen-bond donors (Lipinski definition) is 2. The second-order valence-corrected chi connectivity index (χ2v) is 7.21. The first kappa shape index (κ1) is 17.0. The van der Waals surface area contributed by atoms with Crippen molar-refractivity contribution in [1.82, 2.24) is 0 Å². The van der Waals surface area contributed by atoms with Crippen molar-refractivity contribution in [3.8, 4) is 10.4 Å². The van der Waals surface area contributed by atoms with E-state index < -0.39 is 17.7 Å². The topological polar surface area (TPSA) is 75.6 Å². The summed E-state index contributed by atoms with van der Waals surface area (Å²) >= 11 is 1.12. The fourth-order valence-corrected chi connectivity index (χ4v) is 2.95. The van der Waals surface area contributed by atoms with Gasteiger partial charge < -0.3 is 9.84 Å². The fraction of sp³-hybridized carbons (Fsp3) is 0.294. The zero-order chi connectivity index (χ0) is 17.2. The highest BCUT2D eigenvalue weighted by molar-refractivity contribution is 7.18. The van der Waals surface area contributed by atoms with Crippen LogP contribution in [0.15, 0.2) is 30.3 Å². The van der Waals surface area contributed by atoms with Crippen LogP contribution in [-0.2, 0) is 4.74 Å². The number of benzene rings is 1. The molecule has 1 heterocycles. The quantitative estimate of drug-likeness (QED) is 0.848. The first-order chi connectivity index (χ1) is 10.7. The average Bonchev–Trinajstić information content (AvgIpc) is 2.80. The van der Waals surface area contributed by atoms with Crippen LogP contribution in [0.3, 0.4) is 0 Å². The summed E-state index contributed by atoms with van der Waals surface area (Å²) < 4.78 is 5.17. The van der Waals surface area contributed by atoms with Gasteiger partial charge in [-0.25, -0.2) is 9.59 Å². The minimum atomic E-state index is -1.08. The third-order valence-corrected chi connectivity index (χ3v) is 4.04. The van der Waals surface area contributed by atoms with Crippen LogP contribution in [0.4, 0.5) is 10.5 Å². The minimum Gasteiger partial charge on any atom is -0.477 e. The van der Waals surface area contributed by atoms with Gasteiger partial charge in [-0.15, -0.1) is 11.3 Å². The second-order valence-electron chi connectivity index (χ2n) is 6.15. The highest BCUT2D eigenvalue weighted by atomic mass is 32.1. The second kappa shape index (κ2) is 6.42. The van der Waals surface area contributed by atoms with Crippen LogP contribution in [0.5, 0.6) is 0 Å². The minimum absolute atomic E-state index is 0.0763. The predicted octanol–water partition coefficient (Wildman–Crippen LogP) is 4.77. The Hall–Kier alpha value is -2.34. The molecule has 0 bridgehead atoms. The normalized spacial score (nSPS) is 11.1. The van der Waals surface area contributed by atoms with Crippen molar-refractivity contribution in [2.24, 2.45) is 0 Å². The molecule has 2 rings (SSSR count). The van der Waals surface area contributed by atoms with E-state index in [0.29, 0.717) is 0 Å². The van der Waals surface area contributed by atoms with Crippen LogP contribution in [-0.4, -0.2) is 22.8 Å². The summed E-state index contributed by atoms with van der Waals surface area (Å²) in [7, 11) is 0. The highest BCUT2D eigenvalue weighted by Gasteiger charge is 2.21. The zero-order valence-electron chi connectivity index (χ0n) is 13.5. The summed E-state index contributed by atoms with van der Waals surface area (Å²) in [5.41, 5.74) is 1.58. The number of hydrogen-bond acceptors (Lipinski definition) is 4. The molecule has 0 aliphatic rings. The van der Waals surface area contributed by atoms with Gasteiger partial charge in [0.15, 0.2) is 0 Å². The monoisotopic (exact) mass is 333 g/mol. The zero-order valence-corrected chi connectivity index (χ0v) is 14.3. The molecule has 0 saturated heterocycles. The van der Waals surface area contributed by atoms with E-state index in [1.807, 2.05) is 31.2 Å². The van der Waals surface area contributed by atoms with Crippen molar-refractivity contribution in [3.05, 3.63) is 40.8 Å². The molecule has 2 aromatic rings.